The van der Waals surface area contributed by atoms with Crippen LogP contribution in [-0.2, 0) is 4.74 Å². The Morgan fingerprint density at radius 2 is 2.13 bits per heavy atom. The predicted molar refractivity (Wildman–Crippen MR) is 80.8 cm³/mol. The summed E-state index contributed by atoms with van der Waals surface area (Å²) in [5.41, 5.74) is 0.515. The van der Waals surface area contributed by atoms with E-state index in [1.807, 2.05) is 4.90 Å². The van der Waals surface area contributed by atoms with Crippen molar-refractivity contribution in [1.29, 1.82) is 0 Å². The first-order valence-corrected chi connectivity index (χ1v) is 8.13. The molecule has 0 aromatic carbocycles. The minimum atomic E-state index is -0.0353. The number of nitrogens with zero attached hydrogens (tertiary/aromatic N) is 4. The minimum absolute atomic E-state index is 0.0333. The first-order chi connectivity index (χ1) is 11.3. The standard InChI is InChI=1S/C15H20N6O2/c22-15(11-3-6-16-18-11)21-7-1-2-12(21)14-17-13(19-20-14)10-4-8-23-9-5-10/h3,6,10,12H,1-2,4-5,7-9H2,(H,16,18)(H,17,19,20)/t12-/m0/s1. The number of hydrogen-bond donors (Lipinski definition) is 2. The summed E-state index contributed by atoms with van der Waals surface area (Å²) in [6, 6.07) is 1.66. The molecule has 122 valence electrons. The van der Waals surface area contributed by atoms with Crippen LogP contribution in [0.5, 0.6) is 0 Å². The third-order valence-electron chi connectivity index (χ3n) is 4.67. The maximum absolute atomic E-state index is 12.6. The second-order valence-corrected chi connectivity index (χ2v) is 6.09. The monoisotopic (exact) mass is 316 g/mol. The fourth-order valence-electron chi connectivity index (χ4n) is 3.40. The van der Waals surface area contributed by atoms with Gasteiger partial charge in [0.25, 0.3) is 5.91 Å². The fraction of sp³-hybridized carbons (Fsp3) is 0.600. The summed E-state index contributed by atoms with van der Waals surface area (Å²) < 4.78 is 5.39. The Hall–Kier alpha value is -2.22. The number of carbonyl (C=O) groups is 1. The number of nitrogens with one attached hydrogen (secondary N) is 2. The van der Waals surface area contributed by atoms with Gasteiger partial charge in [0.1, 0.15) is 11.5 Å². The number of aromatic nitrogens is 5. The largest absolute Gasteiger partial charge is 0.381 e. The molecule has 1 atom stereocenters. The third kappa shape index (κ3) is 2.74. The lowest BCUT2D eigenvalue weighted by Gasteiger charge is -2.22. The van der Waals surface area contributed by atoms with Gasteiger partial charge in [-0.2, -0.15) is 10.2 Å². The zero-order valence-electron chi connectivity index (χ0n) is 12.9. The molecule has 8 heteroatoms. The van der Waals surface area contributed by atoms with Gasteiger partial charge < -0.3 is 9.64 Å². The van der Waals surface area contributed by atoms with Crippen LogP contribution in [-0.4, -0.2) is 55.9 Å². The molecule has 2 N–H and O–H groups in total. The Kier molecular flexibility index (Phi) is 3.82. The summed E-state index contributed by atoms with van der Waals surface area (Å²) in [7, 11) is 0. The van der Waals surface area contributed by atoms with Gasteiger partial charge in [0.05, 0.1) is 6.04 Å². The lowest BCUT2D eigenvalue weighted by Crippen LogP contribution is -2.31. The minimum Gasteiger partial charge on any atom is -0.381 e. The quantitative estimate of drug-likeness (QED) is 0.891. The van der Waals surface area contributed by atoms with Gasteiger partial charge in [-0.05, 0) is 31.7 Å². The van der Waals surface area contributed by atoms with E-state index in [1.54, 1.807) is 12.3 Å². The van der Waals surface area contributed by atoms with Gasteiger partial charge in [0, 0.05) is 31.9 Å². The van der Waals surface area contributed by atoms with Crippen LogP contribution in [0.4, 0.5) is 0 Å². The number of likely N-dealkylation sites (tertiary alicyclic amines) is 1. The maximum Gasteiger partial charge on any atom is 0.272 e. The zero-order valence-corrected chi connectivity index (χ0v) is 12.9. The molecule has 1 amide bonds. The average Bonchev–Trinajstić information content (AvgIpc) is 3.35. The molecule has 0 radical (unpaired) electrons. The van der Waals surface area contributed by atoms with Gasteiger partial charge in [-0.3, -0.25) is 15.0 Å². The predicted octanol–water partition coefficient (Wildman–Crippen LogP) is 1.40. The summed E-state index contributed by atoms with van der Waals surface area (Å²) in [4.78, 5) is 19.1. The van der Waals surface area contributed by atoms with Gasteiger partial charge in [-0.1, -0.05) is 0 Å². The van der Waals surface area contributed by atoms with Crippen molar-refractivity contribution in [2.45, 2.75) is 37.6 Å². The molecule has 4 rings (SSSR count). The Bertz CT molecular complexity index is 661. The van der Waals surface area contributed by atoms with E-state index in [4.69, 9.17) is 4.74 Å². The van der Waals surface area contributed by atoms with Crippen LogP contribution in [0.2, 0.25) is 0 Å². The van der Waals surface area contributed by atoms with Crippen LogP contribution >= 0.6 is 0 Å². The average molecular weight is 316 g/mol. The van der Waals surface area contributed by atoms with Gasteiger partial charge >= 0.3 is 0 Å². The second kappa shape index (κ2) is 6.11. The van der Waals surface area contributed by atoms with E-state index in [9.17, 15) is 4.79 Å². The van der Waals surface area contributed by atoms with Crippen LogP contribution in [0.15, 0.2) is 12.3 Å². The topological polar surface area (TPSA) is 99.8 Å². The molecular formula is C15H20N6O2. The molecule has 4 heterocycles. The molecule has 2 aliphatic rings. The molecule has 2 saturated heterocycles. The van der Waals surface area contributed by atoms with Gasteiger partial charge in [-0.25, -0.2) is 4.98 Å². The lowest BCUT2D eigenvalue weighted by molar-refractivity contribution is 0.0724. The van der Waals surface area contributed by atoms with Crippen molar-refractivity contribution in [3.63, 3.8) is 0 Å². The van der Waals surface area contributed by atoms with E-state index >= 15 is 0 Å². The molecule has 0 aliphatic carbocycles. The molecule has 0 spiro atoms. The van der Waals surface area contributed by atoms with Crippen molar-refractivity contribution in [2.75, 3.05) is 19.8 Å². The van der Waals surface area contributed by atoms with E-state index in [0.717, 1.165) is 57.1 Å². The number of hydrogen-bond acceptors (Lipinski definition) is 5. The van der Waals surface area contributed by atoms with E-state index < -0.39 is 0 Å². The lowest BCUT2D eigenvalue weighted by atomic mass is 10.00. The number of amides is 1. The van der Waals surface area contributed by atoms with Gasteiger partial charge in [0.2, 0.25) is 0 Å². The van der Waals surface area contributed by atoms with Crippen LogP contribution < -0.4 is 0 Å². The van der Waals surface area contributed by atoms with Crippen molar-refractivity contribution in [2.24, 2.45) is 0 Å². The third-order valence-corrected chi connectivity index (χ3v) is 4.67. The molecular weight excluding hydrogens is 296 g/mol. The highest BCUT2D eigenvalue weighted by Crippen LogP contribution is 2.32. The number of carbonyl (C=O) groups excluding carboxylic acids is 1. The molecule has 0 unspecified atom stereocenters. The van der Waals surface area contributed by atoms with Crippen LogP contribution in [0.3, 0.4) is 0 Å². The molecule has 8 nitrogen and oxygen atoms in total. The second-order valence-electron chi connectivity index (χ2n) is 6.09. The number of ether oxygens (including phenoxy) is 1. The van der Waals surface area contributed by atoms with Crippen molar-refractivity contribution in [3.05, 3.63) is 29.6 Å². The van der Waals surface area contributed by atoms with E-state index in [0.29, 0.717) is 11.6 Å². The highest BCUT2D eigenvalue weighted by molar-refractivity contribution is 5.92. The normalized spacial score (nSPS) is 22.6. The number of H-pyrrole nitrogens is 2. The summed E-state index contributed by atoms with van der Waals surface area (Å²) in [6.45, 7) is 2.26. The van der Waals surface area contributed by atoms with Crippen molar-refractivity contribution in [3.8, 4) is 0 Å². The SMILES string of the molecule is O=C(c1ccn[nH]1)N1CCC[C@H]1c1nc(C2CCOCC2)n[nH]1. The zero-order chi connectivity index (χ0) is 15.6. The molecule has 2 fully saturated rings. The van der Waals surface area contributed by atoms with Crippen LogP contribution in [0, 0.1) is 0 Å². The molecule has 0 saturated carbocycles. The van der Waals surface area contributed by atoms with E-state index in [1.165, 1.54) is 0 Å². The highest BCUT2D eigenvalue weighted by Gasteiger charge is 2.34. The molecule has 2 aromatic heterocycles. The van der Waals surface area contributed by atoms with Gasteiger partial charge in [-0.15, -0.1) is 0 Å². The summed E-state index contributed by atoms with van der Waals surface area (Å²) in [6.07, 6.45) is 5.38. The van der Waals surface area contributed by atoms with Crippen LogP contribution in [0.1, 0.15) is 59.8 Å². The summed E-state index contributed by atoms with van der Waals surface area (Å²) in [5.74, 6) is 1.96. The molecule has 2 aromatic rings. The van der Waals surface area contributed by atoms with Crippen molar-refractivity contribution < 1.29 is 9.53 Å². The fourth-order valence-corrected chi connectivity index (χ4v) is 3.40. The van der Waals surface area contributed by atoms with E-state index in [2.05, 4.69) is 25.4 Å². The maximum atomic E-state index is 12.6. The Labute approximate surface area is 133 Å². The summed E-state index contributed by atoms with van der Waals surface area (Å²) >= 11 is 0. The van der Waals surface area contributed by atoms with Crippen molar-refractivity contribution in [1.82, 2.24) is 30.3 Å². The Morgan fingerprint density at radius 3 is 2.91 bits per heavy atom. The highest BCUT2D eigenvalue weighted by atomic mass is 16.5. The van der Waals surface area contributed by atoms with Crippen molar-refractivity contribution >= 4 is 5.91 Å². The molecule has 2 aliphatic heterocycles. The first kappa shape index (κ1) is 14.4. The molecule has 23 heavy (non-hydrogen) atoms. The van der Waals surface area contributed by atoms with E-state index in [-0.39, 0.29) is 11.9 Å². The van der Waals surface area contributed by atoms with Crippen LogP contribution in [0.25, 0.3) is 0 Å². The Balaban J connectivity index is 1.52. The molecule has 0 bridgehead atoms. The number of aromatic amines is 2. The first-order valence-electron chi connectivity index (χ1n) is 8.13. The smallest absolute Gasteiger partial charge is 0.272 e. The summed E-state index contributed by atoms with van der Waals surface area (Å²) in [5, 5.41) is 14.0. The Morgan fingerprint density at radius 1 is 1.26 bits per heavy atom. The van der Waals surface area contributed by atoms with Gasteiger partial charge in [0.15, 0.2) is 5.82 Å². The number of rotatable bonds is 3.